The standard InChI is InChI=1S/C12H14F2N4/c1-7-4-11(17-5-9(6-17)12(13)14)18-10(15-7)3-8(2)16-18/h3-4,9,12H,5-6H2,1-2H3. The molecule has 4 nitrogen and oxygen atoms in total. The van der Waals surface area contributed by atoms with E-state index in [0.717, 1.165) is 22.9 Å². The van der Waals surface area contributed by atoms with E-state index in [0.29, 0.717) is 13.1 Å². The Kier molecular flexibility index (Phi) is 2.46. The first-order valence-corrected chi connectivity index (χ1v) is 5.92. The summed E-state index contributed by atoms with van der Waals surface area (Å²) in [6, 6.07) is 3.78. The molecule has 0 atom stereocenters. The first-order valence-electron chi connectivity index (χ1n) is 5.92. The van der Waals surface area contributed by atoms with Gasteiger partial charge in [0, 0.05) is 30.9 Å². The van der Waals surface area contributed by atoms with Crippen LogP contribution in [0.15, 0.2) is 12.1 Å². The zero-order chi connectivity index (χ0) is 12.9. The van der Waals surface area contributed by atoms with Crippen molar-refractivity contribution in [3.63, 3.8) is 0 Å². The Morgan fingerprint density at radius 1 is 1.22 bits per heavy atom. The molecule has 0 bridgehead atoms. The molecular weight excluding hydrogens is 238 g/mol. The highest BCUT2D eigenvalue weighted by molar-refractivity contribution is 5.53. The second-order valence-electron chi connectivity index (χ2n) is 4.81. The Morgan fingerprint density at radius 2 is 1.94 bits per heavy atom. The van der Waals surface area contributed by atoms with Crippen LogP contribution in [-0.2, 0) is 0 Å². The van der Waals surface area contributed by atoms with Gasteiger partial charge in [-0.1, -0.05) is 0 Å². The fourth-order valence-electron chi connectivity index (χ4n) is 2.28. The number of nitrogens with zero attached hydrogens (tertiary/aromatic N) is 4. The minimum atomic E-state index is -2.24. The van der Waals surface area contributed by atoms with Crippen molar-refractivity contribution in [3.05, 3.63) is 23.5 Å². The van der Waals surface area contributed by atoms with Crippen LogP contribution in [0.3, 0.4) is 0 Å². The van der Waals surface area contributed by atoms with Crippen LogP contribution in [0.4, 0.5) is 14.6 Å². The molecule has 1 saturated heterocycles. The summed E-state index contributed by atoms with van der Waals surface area (Å²) >= 11 is 0. The highest BCUT2D eigenvalue weighted by atomic mass is 19.3. The summed E-state index contributed by atoms with van der Waals surface area (Å²) in [4.78, 5) is 6.30. The molecule has 6 heteroatoms. The van der Waals surface area contributed by atoms with Gasteiger partial charge in [-0.25, -0.2) is 13.8 Å². The third-order valence-corrected chi connectivity index (χ3v) is 3.25. The van der Waals surface area contributed by atoms with Crippen LogP contribution >= 0.6 is 0 Å². The molecule has 0 N–H and O–H groups in total. The maximum Gasteiger partial charge on any atom is 0.244 e. The van der Waals surface area contributed by atoms with E-state index in [4.69, 9.17) is 0 Å². The summed E-state index contributed by atoms with van der Waals surface area (Å²) in [5.41, 5.74) is 2.51. The second-order valence-corrected chi connectivity index (χ2v) is 4.81. The van der Waals surface area contributed by atoms with Crippen LogP contribution in [-0.4, -0.2) is 34.1 Å². The van der Waals surface area contributed by atoms with Crippen molar-refractivity contribution in [2.24, 2.45) is 5.92 Å². The zero-order valence-corrected chi connectivity index (χ0v) is 10.3. The molecule has 0 saturated carbocycles. The molecule has 2 aromatic rings. The van der Waals surface area contributed by atoms with Gasteiger partial charge in [0.2, 0.25) is 6.43 Å². The van der Waals surface area contributed by atoms with E-state index >= 15 is 0 Å². The lowest BCUT2D eigenvalue weighted by Gasteiger charge is -2.40. The second kappa shape index (κ2) is 3.90. The molecule has 0 aromatic carbocycles. The van der Waals surface area contributed by atoms with Gasteiger partial charge in [-0.2, -0.15) is 9.61 Å². The summed E-state index contributed by atoms with van der Waals surface area (Å²) in [6.45, 7) is 4.56. The summed E-state index contributed by atoms with van der Waals surface area (Å²) in [5.74, 6) is 0.327. The average molecular weight is 252 g/mol. The van der Waals surface area contributed by atoms with Gasteiger partial charge in [0.1, 0.15) is 5.82 Å². The molecule has 96 valence electrons. The van der Waals surface area contributed by atoms with E-state index in [-0.39, 0.29) is 0 Å². The molecule has 1 aliphatic heterocycles. The quantitative estimate of drug-likeness (QED) is 0.820. The van der Waals surface area contributed by atoms with Crippen molar-refractivity contribution in [1.82, 2.24) is 14.6 Å². The van der Waals surface area contributed by atoms with Crippen LogP contribution in [0.5, 0.6) is 0 Å². The molecular formula is C12H14F2N4. The predicted octanol–water partition coefficient (Wildman–Crippen LogP) is 2.05. The lowest BCUT2D eigenvalue weighted by molar-refractivity contribution is 0.0610. The fourth-order valence-corrected chi connectivity index (χ4v) is 2.28. The highest BCUT2D eigenvalue weighted by Crippen LogP contribution is 2.29. The van der Waals surface area contributed by atoms with Gasteiger partial charge in [-0.15, -0.1) is 0 Å². The van der Waals surface area contributed by atoms with Crippen molar-refractivity contribution in [1.29, 1.82) is 0 Å². The van der Waals surface area contributed by atoms with Gasteiger partial charge in [0.25, 0.3) is 0 Å². The predicted molar refractivity (Wildman–Crippen MR) is 64.2 cm³/mol. The van der Waals surface area contributed by atoms with Crippen LogP contribution in [0.1, 0.15) is 11.4 Å². The minimum Gasteiger partial charge on any atom is -0.355 e. The molecule has 18 heavy (non-hydrogen) atoms. The summed E-state index contributed by atoms with van der Waals surface area (Å²) in [5, 5.41) is 4.35. The molecule has 0 amide bonds. The Labute approximate surface area is 103 Å². The lowest BCUT2D eigenvalue weighted by atomic mass is 10.0. The number of alkyl halides is 2. The number of aryl methyl sites for hydroxylation is 2. The largest absolute Gasteiger partial charge is 0.355 e. The topological polar surface area (TPSA) is 33.4 Å². The minimum absolute atomic E-state index is 0.384. The maximum atomic E-state index is 12.5. The number of rotatable bonds is 2. The summed E-state index contributed by atoms with van der Waals surface area (Å²) in [7, 11) is 0. The van der Waals surface area contributed by atoms with Crippen molar-refractivity contribution >= 4 is 11.5 Å². The number of hydrogen-bond donors (Lipinski definition) is 0. The fraction of sp³-hybridized carbons (Fsp3) is 0.500. The number of fused-ring (bicyclic) bond motifs is 1. The van der Waals surface area contributed by atoms with Gasteiger partial charge >= 0.3 is 0 Å². The monoisotopic (exact) mass is 252 g/mol. The van der Waals surface area contributed by atoms with Gasteiger partial charge in [0.15, 0.2) is 5.65 Å². The Bertz CT molecular complexity index is 587. The Morgan fingerprint density at radius 3 is 2.61 bits per heavy atom. The SMILES string of the molecule is Cc1cc(N2CC(C(F)F)C2)n2nc(C)cc2n1. The normalized spacial score (nSPS) is 16.6. The maximum absolute atomic E-state index is 12.5. The van der Waals surface area contributed by atoms with Gasteiger partial charge < -0.3 is 4.90 Å². The first kappa shape index (κ1) is 11.4. The van der Waals surface area contributed by atoms with Gasteiger partial charge in [-0.3, -0.25) is 0 Å². The van der Waals surface area contributed by atoms with E-state index in [9.17, 15) is 8.78 Å². The molecule has 0 unspecified atom stereocenters. The smallest absolute Gasteiger partial charge is 0.244 e. The van der Waals surface area contributed by atoms with Gasteiger partial charge in [-0.05, 0) is 13.8 Å². The summed E-state index contributed by atoms with van der Waals surface area (Å²) in [6.07, 6.45) is -2.24. The van der Waals surface area contributed by atoms with E-state index in [2.05, 4.69) is 10.1 Å². The Hall–Kier alpha value is -1.72. The molecule has 0 spiro atoms. The molecule has 2 aromatic heterocycles. The third kappa shape index (κ3) is 1.72. The summed E-state index contributed by atoms with van der Waals surface area (Å²) < 4.78 is 26.7. The van der Waals surface area contributed by atoms with Crippen LogP contribution < -0.4 is 4.90 Å². The Balaban J connectivity index is 1.97. The molecule has 1 aliphatic rings. The van der Waals surface area contributed by atoms with E-state index < -0.39 is 12.3 Å². The number of hydrogen-bond acceptors (Lipinski definition) is 3. The lowest BCUT2D eigenvalue weighted by Crippen LogP contribution is -2.50. The van der Waals surface area contributed by atoms with E-state index in [1.165, 1.54) is 0 Å². The molecule has 0 radical (unpaired) electrons. The number of anilines is 1. The van der Waals surface area contributed by atoms with Crippen molar-refractivity contribution in [3.8, 4) is 0 Å². The van der Waals surface area contributed by atoms with E-state index in [1.54, 1.807) is 4.52 Å². The van der Waals surface area contributed by atoms with Crippen LogP contribution in [0.2, 0.25) is 0 Å². The van der Waals surface area contributed by atoms with E-state index in [1.807, 2.05) is 30.9 Å². The molecule has 3 heterocycles. The highest BCUT2D eigenvalue weighted by Gasteiger charge is 2.35. The third-order valence-electron chi connectivity index (χ3n) is 3.25. The average Bonchev–Trinajstić information content (AvgIpc) is 2.55. The van der Waals surface area contributed by atoms with Gasteiger partial charge in [0.05, 0.1) is 11.6 Å². The van der Waals surface area contributed by atoms with Crippen molar-refractivity contribution in [2.45, 2.75) is 20.3 Å². The molecule has 3 rings (SSSR count). The van der Waals surface area contributed by atoms with Crippen molar-refractivity contribution < 1.29 is 8.78 Å². The zero-order valence-electron chi connectivity index (χ0n) is 10.3. The first-order chi connectivity index (χ1) is 8.54. The van der Waals surface area contributed by atoms with Crippen LogP contribution in [0.25, 0.3) is 5.65 Å². The number of halogens is 2. The van der Waals surface area contributed by atoms with Crippen molar-refractivity contribution in [2.75, 3.05) is 18.0 Å². The molecule has 0 aliphatic carbocycles. The molecule has 1 fully saturated rings. The number of aromatic nitrogens is 3. The van der Waals surface area contributed by atoms with Crippen LogP contribution in [0, 0.1) is 19.8 Å².